The van der Waals surface area contributed by atoms with Gasteiger partial charge in [0.05, 0.1) is 13.1 Å². The molecule has 0 bridgehead atoms. The lowest BCUT2D eigenvalue weighted by Gasteiger charge is -2.35. The number of benzene rings is 1. The fourth-order valence-corrected chi connectivity index (χ4v) is 3.83. The third-order valence-corrected chi connectivity index (χ3v) is 5.77. The zero-order valence-corrected chi connectivity index (χ0v) is 20.8. The molecule has 1 aliphatic rings. The Kier molecular flexibility index (Phi) is 10.6. The van der Waals surface area contributed by atoms with E-state index in [0.29, 0.717) is 13.1 Å². The van der Waals surface area contributed by atoms with Crippen LogP contribution in [-0.2, 0) is 20.1 Å². The predicted octanol–water partition coefficient (Wildman–Crippen LogP) is 3.24. The lowest BCUT2D eigenvalue weighted by Crippen LogP contribution is -2.46. The van der Waals surface area contributed by atoms with Crippen LogP contribution < -0.4 is 10.6 Å². The van der Waals surface area contributed by atoms with Crippen molar-refractivity contribution >= 4 is 29.9 Å². The van der Waals surface area contributed by atoms with Crippen LogP contribution in [0.1, 0.15) is 49.8 Å². The van der Waals surface area contributed by atoms with Gasteiger partial charge in [-0.05, 0) is 38.3 Å². The minimum atomic E-state index is 0. The quantitative estimate of drug-likeness (QED) is 0.315. The summed E-state index contributed by atoms with van der Waals surface area (Å²) in [5.74, 6) is 2.63. The number of nitrogens with one attached hydrogen (secondary N) is 2. The predicted molar refractivity (Wildman–Crippen MR) is 133 cm³/mol. The molecule has 3 rings (SSSR count). The number of hydrogen-bond donors (Lipinski definition) is 2. The Hall–Kier alpha value is -1.68. The van der Waals surface area contributed by atoms with Crippen molar-refractivity contribution in [3.8, 4) is 0 Å². The molecule has 0 saturated carbocycles. The van der Waals surface area contributed by atoms with Crippen LogP contribution in [0.5, 0.6) is 0 Å². The molecule has 8 heteroatoms. The van der Waals surface area contributed by atoms with Crippen LogP contribution in [-0.4, -0.2) is 51.3 Å². The fraction of sp³-hybridized carbons (Fsp3) is 0.591. The molecular formula is C22H36IN7. The SMILES string of the molecule is CCC1CCCCN1CCNC(=NCc1ccccc1)NCc1nnc(C)n1C.I. The van der Waals surface area contributed by atoms with E-state index in [-0.39, 0.29) is 24.0 Å². The number of aromatic nitrogens is 3. The van der Waals surface area contributed by atoms with Crippen LogP contribution in [0.4, 0.5) is 0 Å². The topological polar surface area (TPSA) is 70.4 Å². The van der Waals surface area contributed by atoms with Gasteiger partial charge >= 0.3 is 0 Å². The molecule has 0 aliphatic carbocycles. The van der Waals surface area contributed by atoms with Crippen LogP contribution in [0.25, 0.3) is 0 Å². The van der Waals surface area contributed by atoms with Gasteiger partial charge in [-0.25, -0.2) is 4.99 Å². The first-order valence-corrected chi connectivity index (χ1v) is 10.8. The lowest BCUT2D eigenvalue weighted by atomic mass is 10.0. The number of hydrogen-bond acceptors (Lipinski definition) is 4. The Balaban J connectivity index is 0.00000320. The number of guanidine groups is 1. The molecule has 1 fully saturated rings. The van der Waals surface area contributed by atoms with Gasteiger partial charge in [0, 0.05) is 26.2 Å². The summed E-state index contributed by atoms with van der Waals surface area (Å²) in [5, 5.41) is 15.3. The van der Waals surface area contributed by atoms with Gasteiger partial charge in [0.25, 0.3) is 0 Å². The van der Waals surface area contributed by atoms with E-state index in [9.17, 15) is 0 Å². The highest BCUT2D eigenvalue weighted by Gasteiger charge is 2.20. The minimum absolute atomic E-state index is 0. The number of aryl methyl sites for hydroxylation is 1. The monoisotopic (exact) mass is 525 g/mol. The normalized spacial score (nSPS) is 17.4. The molecule has 1 aromatic carbocycles. The molecule has 1 saturated heterocycles. The van der Waals surface area contributed by atoms with E-state index in [1.165, 1.54) is 37.8 Å². The molecule has 30 heavy (non-hydrogen) atoms. The van der Waals surface area contributed by atoms with Crippen LogP contribution >= 0.6 is 24.0 Å². The van der Waals surface area contributed by atoms with Gasteiger partial charge in [-0.1, -0.05) is 43.7 Å². The first kappa shape index (κ1) is 24.6. The number of rotatable bonds is 8. The Labute approximate surface area is 197 Å². The maximum Gasteiger partial charge on any atom is 0.192 e. The molecular weight excluding hydrogens is 489 g/mol. The highest BCUT2D eigenvalue weighted by atomic mass is 127. The van der Waals surface area contributed by atoms with Crippen molar-refractivity contribution in [2.75, 3.05) is 19.6 Å². The Bertz CT molecular complexity index is 775. The van der Waals surface area contributed by atoms with Crippen molar-refractivity contribution in [1.29, 1.82) is 0 Å². The van der Waals surface area contributed by atoms with Gasteiger partial charge in [0.2, 0.25) is 0 Å². The summed E-state index contributed by atoms with van der Waals surface area (Å²) < 4.78 is 2.00. The zero-order valence-electron chi connectivity index (χ0n) is 18.5. The van der Waals surface area contributed by atoms with Crippen LogP contribution in [0, 0.1) is 6.92 Å². The maximum atomic E-state index is 4.79. The Morgan fingerprint density at radius 1 is 1.17 bits per heavy atom. The number of halogens is 1. The molecule has 0 amide bonds. The van der Waals surface area contributed by atoms with Crippen molar-refractivity contribution in [2.45, 2.75) is 58.7 Å². The molecule has 0 spiro atoms. The van der Waals surface area contributed by atoms with Crippen molar-refractivity contribution in [2.24, 2.45) is 12.0 Å². The number of piperidine rings is 1. The number of likely N-dealkylation sites (tertiary alicyclic amines) is 1. The summed E-state index contributed by atoms with van der Waals surface area (Å²) in [6.45, 7) is 8.65. The highest BCUT2D eigenvalue weighted by molar-refractivity contribution is 14.0. The average Bonchev–Trinajstić information content (AvgIpc) is 3.08. The minimum Gasteiger partial charge on any atom is -0.355 e. The molecule has 1 atom stereocenters. The standard InChI is InChI=1S/C22H35N7.HI/c1-4-20-12-8-9-14-29(20)15-13-23-22(24-16-19-10-6-5-7-11-19)25-17-21-27-26-18(2)28(21)3;/h5-7,10-11,20H,4,8-9,12-17H2,1-3H3,(H2,23,24,25);1H. The second-order valence-corrected chi connectivity index (χ2v) is 7.75. The van der Waals surface area contributed by atoms with E-state index in [0.717, 1.165) is 36.7 Å². The molecule has 1 unspecified atom stereocenters. The molecule has 166 valence electrons. The van der Waals surface area contributed by atoms with E-state index in [1.807, 2.05) is 24.6 Å². The van der Waals surface area contributed by atoms with E-state index in [2.05, 4.69) is 56.9 Å². The number of nitrogens with zero attached hydrogens (tertiary/aromatic N) is 5. The van der Waals surface area contributed by atoms with Gasteiger partial charge in [-0.3, -0.25) is 4.90 Å². The average molecular weight is 525 g/mol. The maximum absolute atomic E-state index is 4.79. The molecule has 1 aromatic heterocycles. The van der Waals surface area contributed by atoms with Gasteiger partial charge in [0.15, 0.2) is 11.8 Å². The fourth-order valence-electron chi connectivity index (χ4n) is 3.83. The van der Waals surface area contributed by atoms with Gasteiger partial charge in [-0.15, -0.1) is 34.2 Å². The summed E-state index contributed by atoms with van der Waals surface area (Å²) in [7, 11) is 1.99. The summed E-state index contributed by atoms with van der Waals surface area (Å²) in [5.41, 5.74) is 1.20. The Morgan fingerprint density at radius 3 is 2.67 bits per heavy atom. The Morgan fingerprint density at radius 2 is 1.97 bits per heavy atom. The van der Waals surface area contributed by atoms with E-state index in [1.54, 1.807) is 0 Å². The third kappa shape index (κ3) is 7.23. The third-order valence-electron chi connectivity index (χ3n) is 5.77. The summed E-state index contributed by atoms with van der Waals surface area (Å²) in [4.78, 5) is 7.41. The van der Waals surface area contributed by atoms with Gasteiger partial charge in [-0.2, -0.15) is 0 Å². The smallest absolute Gasteiger partial charge is 0.192 e. The largest absolute Gasteiger partial charge is 0.355 e. The van der Waals surface area contributed by atoms with Gasteiger partial charge < -0.3 is 15.2 Å². The van der Waals surface area contributed by atoms with E-state index < -0.39 is 0 Å². The molecule has 2 aromatic rings. The van der Waals surface area contributed by atoms with Crippen molar-refractivity contribution in [3.05, 3.63) is 47.5 Å². The van der Waals surface area contributed by atoms with Crippen LogP contribution in [0.15, 0.2) is 35.3 Å². The van der Waals surface area contributed by atoms with Gasteiger partial charge in [0.1, 0.15) is 5.82 Å². The molecule has 7 nitrogen and oxygen atoms in total. The van der Waals surface area contributed by atoms with Crippen molar-refractivity contribution in [3.63, 3.8) is 0 Å². The summed E-state index contributed by atoms with van der Waals surface area (Å²) in [6, 6.07) is 11.1. The van der Waals surface area contributed by atoms with E-state index in [4.69, 9.17) is 4.99 Å². The molecule has 0 radical (unpaired) electrons. The second-order valence-electron chi connectivity index (χ2n) is 7.75. The number of aliphatic imine (C=N–C) groups is 1. The molecule has 1 aliphatic heterocycles. The zero-order chi connectivity index (χ0) is 20.5. The first-order valence-electron chi connectivity index (χ1n) is 10.8. The summed E-state index contributed by atoms with van der Waals surface area (Å²) in [6.07, 6.45) is 5.24. The summed E-state index contributed by atoms with van der Waals surface area (Å²) >= 11 is 0. The van der Waals surface area contributed by atoms with Crippen molar-refractivity contribution < 1.29 is 0 Å². The van der Waals surface area contributed by atoms with E-state index >= 15 is 0 Å². The lowest BCUT2D eigenvalue weighted by molar-refractivity contribution is 0.147. The van der Waals surface area contributed by atoms with Crippen molar-refractivity contribution in [1.82, 2.24) is 30.3 Å². The first-order chi connectivity index (χ1) is 14.2. The van der Waals surface area contributed by atoms with Crippen LogP contribution in [0.2, 0.25) is 0 Å². The van der Waals surface area contributed by atoms with Crippen LogP contribution in [0.3, 0.4) is 0 Å². The highest BCUT2D eigenvalue weighted by Crippen LogP contribution is 2.18. The molecule has 2 heterocycles. The molecule has 2 N–H and O–H groups in total. The second kappa shape index (κ2) is 12.9.